The van der Waals surface area contributed by atoms with Gasteiger partial charge in [0.15, 0.2) is 5.82 Å². The molecule has 4 N–H and O–H groups in total. The number of imide groups is 1. The largest absolute Gasteiger partial charge is 0.495 e. The third kappa shape index (κ3) is 8.73. The minimum Gasteiger partial charge on any atom is -0.495 e. The van der Waals surface area contributed by atoms with Crippen LogP contribution in [0.25, 0.3) is 0 Å². The SMILES string of the molecule is CC[C@@H]1C(=O)N(C)c2cnc(Nc3ccc(C(=O)NC4(CCO)CCC5(CC4)CN(C[C@H]4CCN(c6cc(F)c(C7CCC(=O)NC7=O)c(F)c6)C4)C5)cc3OC)nc2N1C1CCCC1. The Morgan fingerprint density at radius 3 is 2.43 bits per heavy atom. The Morgan fingerprint density at radius 1 is 1.02 bits per heavy atom. The van der Waals surface area contributed by atoms with Gasteiger partial charge in [-0.3, -0.25) is 24.5 Å². The third-order valence-corrected chi connectivity index (χ3v) is 15.3. The minimum atomic E-state index is -1.02. The van der Waals surface area contributed by atoms with E-state index in [4.69, 9.17) is 9.72 Å². The summed E-state index contributed by atoms with van der Waals surface area (Å²) in [4.78, 5) is 69.0. The Bertz CT molecular complexity index is 2300. The van der Waals surface area contributed by atoms with E-state index in [1.54, 1.807) is 43.5 Å². The van der Waals surface area contributed by atoms with Gasteiger partial charge in [0, 0.05) is 81.2 Å². The van der Waals surface area contributed by atoms with Crippen molar-refractivity contribution in [1.29, 1.82) is 0 Å². The Labute approximate surface area is 378 Å². The van der Waals surface area contributed by atoms with Crippen molar-refractivity contribution in [3.8, 4) is 5.75 Å². The molecule has 5 heterocycles. The van der Waals surface area contributed by atoms with Gasteiger partial charge in [0.05, 0.1) is 24.9 Å². The first-order chi connectivity index (χ1) is 31.3. The molecule has 0 radical (unpaired) electrons. The van der Waals surface area contributed by atoms with E-state index in [0.717, 1.165) is 83.2 Å². The molecule has 17 heteroatoms. The van der Waals surface area contributed by atoms with Crippen LogP contribution in [0.15, 0.2) is 36.5 Å². The molecule has 2 aliphatic carbocycles. The molecule has 3 aromatic rings. The van der Waals surface area contributed by atoms with E-state index >= 15 is 8.78 Å². The van der Waals surface area contributed by atoms with Crippen molar-refractivity contribution >= 4 is 52.5 Å². The highest BCUT2D eigenvalue weighted by atomic mass is 19.1. The molecule has 15 nitrogen and oxygen atoms in total. The molecule has 1 spiro atoms. The summed E-state index contributed by atoms with van der Waals surface area (Å²) in [5.74, 6) is -1.93. The first-order valence-corrected chi connectivity index (χ1v) is 23.4. The lowest BCUT2D eigenvalue weighted by molar-refractivity contribution is -0.134. The third-order valence-electron chi connectivity index (χ3n) is 15.3. The zero-order valence-corrected chi connectivity index (χ0v) is 37.6. The fourth-order valence-electron chi connectivity index (χ4n) is 11.7. The summed E-state index contributed by atoms with van der Waals surface area (Å²) in [6.45, 7) is 6.13. The number of piperidine rings is 1. The maximum absolute atomic E-state index is 15.3. The van der Waals surface area contributed by atoms with E-state index in [1.165, 1.54) is 12.1 Å². The van der Waals surface area contributed by atoms with Crippen molar-refractivity contribution in [2.45, 2.75) is 114 Å². The van der Waals surface area contributed by atoms with E-state index in [-0.39, 0.29) is 54.3 Å². The van der Waals surface area contributed by atoms with Crippen molar-refractivity contribution in [1.82, 2.24) is 25.5 Å². The lowest BCUT2D eigenvalue weighted by Gasteiger charge is -2.56. The lowest BCUT2D eigenvalue weighted by atomic mass is 9.62. The van der Waals surface area contributed by atoms with Crippen LogP contribution < -0.4 is 35.4 Å². The van der Waals surface area contributed by atoms with Crippen molar-refractivity contribution in [3.05, 3.63) is 59.3 Å². The minimum absolute atomic E-state index is 0.0425. The number of likely N-dealkylation sites (N-methyl/N-ethyl adjacent to an activating group) is 1. The Morgan fingerprint density at radius 2 is 1.75 bits per heavy atom. The fraction of sp³-hybridized carbons (Fsp3) is 0.583. The predicted octanol–water partition coefficient (Wildman–Crippen LogP) is 5.78. The molecular weight excluding hydrogens is 837 g/mol. The smallest absolute Gasteiger partial charge is 0.251 e. The Hall–Kier alpha value is -5.42. The van der Waals surface area contributed by atoms with Crippen LogP contribution in [0.2, 0.25) is 0 Å². The highest BCUT2D eigenvalue weighted by molar-refractivity contribution is 6.04. The maximum Gasteiger partial charge on any atom is 0.251 e. The van der Waals surface area contributed by atoms with Crippen molar-refractivity contribution in [2.24, 2.45) is 11.3 Å². The first-order valence-electron chi connectivity index (χ1n) is 23.4. The van der Waals surface area contributed by atoms with Gasteiger partial charge < -0.3 is 40.1 Å². The molecule has 1 aromatic heterocycles. The number of fused-ring (bicyclic) bond motifs is 1. The van der Waals surface area contributed by atoms with E-state index < -0.39 is 34.9 Å². The summed E-state index contributed by atoms with van der Waals surface area (Å²) in [6, 6.07) is 7.82. The van der Waals surface area contributed by atoms with E-state index in [0.29, 0.717) is 66.2 Å². The molecule has 65 heavy (non-hydrogen) atoms. The van der Waals surface area contributed by atoms with Crippen molar-refractivity contribution < 1.29 is 37.8 Å². The summed E-state index contributed by atoms with van der Waals surface area (Å²) in [5, 5.41) is 19.0. The van der Waals surface area contributed by atoms with Crippen LogP contribution in [0.4, 0.5) is 37.6 Å². The van der Waals surface area contributed by atoms with Gasteiger partial charge in [-0.05, 0) is 106 Å². The number of aromatic nitrogens is 2. The average Bonchev–Trinajstić information content (AvgIpc) is 3.99. The second-order valence-electron chi connectivity index (χ2n) is 19.4. The van der Waals surface area contributed by atoms with Crippen LogP contribution in [0.1, 0.15) is 112 Å². The molecule has 5 fully saturated rings. The number of likely N-dealkylation sites (tertiary alicyclic amines) is 1. The number of hydrogen-bond donors (Lipinski definition) is 4. The predicted molar refractivity (Wildman–Crippen MR) is 242 cm³/mol. The molecule has 4 amide bonds. The Balaban J connectivity index is 0.791. The van der Waals surface area contributed by atoms with Crippen LogP contribution in [-0.2, 0) is 14.4 Å². The number of aliphatic hydroxyl groups excluding tert-OH is 1. The number of methoxy groups -OCH3 is 1. The first kappa shape index (κ1) is 44.8. The molecule has 2 saturated carbocycles. The Kier molecular flexibility index (Phi) is 12.5. The number of halogens is 2. The van der Waals surface area contributed by atoms with Gasteiger partial charge in [-0.25, -0.2) is 13.8 Å². The van der Waals surface area contributed by atoms with Gasteiger partial charge in [-0.15, -0.1) is 0 Å². The molecule has 0 bridgehead atoms. The number of nitrogens with zero attached hydrogens (tertiary/aromatic N) is 6. The fourth-order valence-corrected chi connectivity index (χ4v) is 11.7. The number of ether oxygens (including phenoxy) is 1. The number of anilines is 5. The van der Waals surface area contributed by atoms with Crippen LogP contribution in [0.5, 0.6) is 5.75 Å². The monoisotopic (exact) mass is 897 g/mol. The van der Waals surface area contributed by atoms with Gasteiger partial charge in [0.25, 0.3) is 5.91 Å². The number of hydrogen-bond acceptors (Lipinski definition) is 12. The molecule has 4 aliphatic heterocycles. The van der Waals surface area contributed by atoms with E-state index in [9.17, 15) is 24.3 Å². The van der Waals surface area contributed by atoms with E-state index in [1.807, 2.05) is 11.8 Å². The summed E-state index contributed by atoms with van der Waals surface area (Å²) in [5.41, 5.74) is 1.50. The van der Waals surface area contributed by atoms with Crippen LogP contribution >= 0.6 is 0 Å². The van der Waals surface area contributed by atoms with Crippen molar-refractivity contribution in [2.75, 3.05) is 73.5 Å². The summed E-state index contributed by atoms with van der Waals surface area (Å²) in [6.07, 6.45) is 11.5. The zero-order valence-electron chi connectivity index (χ0n) is 37.6. The lowest BCUT2D eigenvalue weighted by Crippen LogP contribution is -2.62. The maximum atomic E-state index is 15.3. The second kappa shape index (κ2) is 18.1. The number of nitrogens with one attached hydrogen (secondary N) is 3. The quantitative estimate of drug-likeness (QED) is 0.153. The number of aliphatic hydroxyl groups is 1. The number of benzene rings is 2. The van der Waals surface area contributed by atoms with Gasteiger partial charge >= 0.3 is 0 Å². The zero-order chi connectivity index (χ0) is 45.6. The van der Waals surface area contributed by atoms with Gasteiger partial charge in [-0.1, -0.05) is 19.8 Å². The number of rotatable bonds is 13. The average molecular weight is 898 g/mol. The van der Waals surface area contributed by atoms with E-state index in [2.05, 4.69) is 30.7 Å². The van der Waals surface area contributed by atoms with Crippen LogP contribution in [-0.4, -0.2) is 115 Å². The van der Waals surface area contributed by atoms with Crippen molar-refractivity contribution in [3.63, 3.8) is 0 Å². The topological polar surface area (TPSA) is 173 Å². The molecule has 2 aromatic carbocycles. The number of carbonyl (C=O) groups excluding carboxylic acids is 4. The molecular formula is C48H61F2N9O6. The number of amides is 4. The van der Waals surface area contributed by atoms with Gasteiger partial charge in [0.2, 0.25) is 23.7 Å². The summed E-state index contributed by atoms with van der Waals surface area (Å²) < 4.78 is 36.3. The normalized spacial score (nSPS) is 24.2. The second-order valence-corrected chi connectivity index (χ2v) is 19.4. The standard InChI is InChI=1S/C48H61F2N9O6/c1-4-37-45(64)56(2)38-24-51-46(54-42(38)59(37)31-7-5-6-8-31)52-36-11-9-30(21-39(36)65-3)43(62)55-48(18-20-60)16-14-47(15-17-48)27-57(28-47)25-29-13-19-58(26-29)32-22-34(49)41(35(50)23-32)33-10-12-40(61)53-44(33)63/h9,11,21-24,29,31,33,37,60H,4-8,10,12-20,25-28H2,1-3H3,(H,55,62)(H,51,52,54)(H,53,61,63)/t29-,33?,37-/m1/s1. The number of carbonyl (C=O) groups is 4. The molecule has 3 atom stereocenters. The summed E-state index contributed by atoms with van der Waals surface area (Å²) >= 11 is 0. The molecule has 348 valence electrons. The molecule has 1 unspecified atom stereocenters. The van der Waals surface area contributed by atoms with Gasteiger partial charge in [0.1, 0.15) is 29.1 Å². The molecule has 6 aliphatic rings. The van der Waals surface area contributed by atoms with Crippen LogP contribution in [0, 0.1) is 23.0 Å². The highest BCUT2D eigenvalue weighted by Gasteiger charge is 2.50. The highest BCUT2D eigenvalue weighted by Crippen LogP contribution is 2.49. The molecule has 3 saturated heterocycles. The summed E-state index contributed by atoms with van der Waals surface area (Å²) in [7, 11) is 3.33. The van der Waals surface area contributed by atoms with Crippen LogP contribution in [0.3, 0.4) is 0 Å². The van der Waals surface area contributed by atoms with Gasteiger partial charge in [-0.2, -0.15) is 4.98 Å². The molecule has 9 rings (SSSR count).